The van der Waals surface area contributed by atoms with Crippen LogP contribution in [-0.4, -0.2) is 42.4 Å². The van der Waals surface area contributed by atoms with Crippen LogP contribution in [0, 0.1) is 11.8 Å². The lowest BCUT2D eigenvalue weighted by atomic mass is 9.95. The fourth-order valence-corrected chi connectivity index (χ4v) is 2.30. The predicted molar refractivity (Wildman–Crippen MR) is 82.7 cm³/mol. The van der Waals surface area contributed by atoms with Gasteiger partial charge in [-0.25, -0.2) is 0 Å². The van der Waals surface area contributed by atoms with Crippen LogP contribution in [-0.2, 0) is 9.59 Å². The van der Waals surface area contributed by atoms with E-state index in [1.165, 1.54) is 0 Å². The standard InChI is InChI=1S/C14H27N3O2.ClH/c1-4-10(2)14(19)17-7-5-6-12(9-17)13(18)16-11(3)8-15;/h10-12H,4-9,15H2,1-3H3,(H,16,18);1H/t10?,11-,12?;/m0./s1. The maximum absolute atomic E-state index is 12.1. The van der Waals surface area contributed by atoms with Crippen molar-refractivity contribution in [2.75, 3.05) is 19.6 Å². The minimum Gasteiger partial charge on any atom is -0.352 e. The zero-order valence-corrected chi connectivity index (χ0v) is 13.5. The van der Waals surface area contributed by atoms with Crippen molar-refractivity contribution in [2.24, 2.45) is 17.6 Å². The van der Waals surface area contributed by atoms with Gasteiger partial charge in [0.2, 0.25) is 11.8 Å². The topological polar surface area (TPSA) is 75.4 Å². The number of amides is 2. The fourth-order valence-electron chi connectivity index (χ4n) is 2.30. The van der Waals surface area contributed by atoms with Crippen LogP contribution in [0.5, 0.6) is 0 Å². The van der Waals surface area contributed by atoms with Gasteiger partial charge in [-0.15, -0.1) is 12.4 Å². The van der Waals surface area contributed by atoms with Gasteiger partial charge in [0.15, 0.2) is 0 Å². The van der Waals surface area contributed by atoms with Crippen molar-refractivity contribution in [3.05, 3.63) is 0 Å². The summed E-state index contributed by atoms with van der Waals surface area (Å²) in [6.07, 6.45) is 2.60. The molecule has 1 fully saturated rings. The molecule has 1 saturated heterocycles. The molecule has 3 N–H and O–H groups in total. The van der Waals surface area contributed by atoms with E-state index in [2.05, 4.69) is 5.32 Å². The van der Waals surface area contributed by atoms with E-state index in [1.807, 2.05) is 25.7 Å². The van der Waals surface area contributed by atoms with E-state index in [0.29, 0.717) is 13.1 Å². The summed E-state index contributed by atoms with van der Waals surface area (Å²) < 4.78 is 0. The van der Waals surface area contributed by atoms with Crippen LogP contribution in [0.3, 0.4) is 0 Å². The quantitative estimate of drug-likeness (QED) is 0.800. The van der Waals surface area contributed by atoms with Crippen molar-refractivity contribution in [1.29, 1.82) is 0 Å². The molecule has 0 aliphatic carbocycles. The van der Waals surface area contributed by atoms with Gasteiger partial charge in [0.25, 0.3) is 0 Å². The zero-order chi connectivity index (χ0) is 14.4. The van der Waals surface area contributed by atoms with Crippen molar-refractivity contribution in [3.63, 3.8) is 0 Å². The summed E-state index contributed by atoms with van der Waals surface area (Å²) >= 11 is 0. The Kier molecular flexibility index (Phi) is 8.81. The first-order chi connectivity index (χ1) is 8.99. The first-order valence-corrected chi connectivity index (χ1v) is 7.28. The maximum atomic E-state index is 12.1. The molecule has 1 aliphatic heterocycles. The van der Waals surface area contributed by atoms with E-state index >= 15 is 0 Å². The molecule has 0 aromatic rings. The molecule has 3 atom stereocenters. The fraction of sp³-hybridized carbons (Fsp3) is 0.857. The summed E-state index contributed by atoms with van der Waals surface area (Å²) in [5, 5.41) is 2.90. The molecular weight excluding hydrogens is 278 g/mol. The number of halogens is 1. The molecule has 2 unspecified atom stereocenters. The highest BCUT2D eigenvalue weighted by Crippen LogP contribution is 2.19. The Labute approximate surface area is 128 Å². The van der Waals surface area contributed by atoms with E-state index in [1.54, 1.807) is 0 Å². The van der Waals surface area contributed by atoms with Gasteiger partial charge >= 0.3 is 0 Å². The SMILES string of the molecule is CCC(C)C(=O)N1CCCC(C(=O)N[C@@H](C)CN)C1.Cl. The Balaban J connectivity index is 0.00000361. The molecular formula is C14H28ClN3O2. The zero-order valence-electron chi connectivity index (χ0n) is 12.7. The molecule has 1 aliphatic rings. The Bertz CT molecular complexity index is 326. The summed E-state index contributed by atoms with van der Waals surface area (Å²) in [4.78, 5) is 26.1. The number of rotatable bonds is 5. The third-order valence-corrected chi connectivity index (χ3v) is 3.88. The largest absolute Gasteiger partial charge is 0.352 e. The molecule has 0 saturated carbocycles. The highest BCUT2D eigenvalue weighted by molar-refractivity contribution is 5.85. The Morgan fingerprint density at radius 3 is 2.60 bits per heavy atom. The van der Waals surface area contributed by atoms with E-state index < -0.39 is 0 Å². The van der Waals surface area contributed by atoms with Crippen LogP contribution >= 0.6 is 12.4 Å². The van der Waals surface area contributed by atoms with Crippen molar-refractivity contribution in [1.82, 2.24) is 10.2 Å². The maximum Gasteiger partial charge on any atom is 0.225 e. The van der Waals surface area contributed by atoms with Gasteiger partial charge in [0.05, 0.1) is 5.92 Å². The van der Waals surface area contributed by atoms with Crippen molar-refractivity contribution in [2.45, 2.75) is 46.1 Å². The monoisotopic (exact) mass is 305 g/mol. The molecule has 6 heteroatoms. The lowest BCUT2D eigenvalue weighted by Crippen LogP contribution is -2.49. The van der Waals surface area contributed by atoms with Crippen molar-refractivity contribution < 1.29 is 9.59 Å². The summed E-state index contributed by atoms with van der Waals surface area (Å²) in [5.74, 6) is 0.159. The van der Waals surface area contributed by atoms with E-state index in [9.17, 15) is 9.59 Å². The normalized spacial score (nSPS) is 21.6. The number of carbonyl (C=O) groups is 2. The molecule has 0 radical (unpaired) electrons. The van der Waals surface area contributed by atoms with Crippen LogP contribution in [0.4, 0.5) is 0 Å². The van der Waals surface area contributed by atoms with E-state index in [-0.39, 0.29) is 42.1 Å². The number of carbonyl (C=O) groups excluding carboxylic acids is 2. The number of nitrogens with two attached hydrogens (primary N) is 1. The summed E-state index contributed by atoms with van der Waals surface area (Å²) in [6, 6.07) is -0.00635. The summed E-state index contributed by atoms with van der Waals surface area (Å²) in [5.41, 5.74) is 5.50. The molecule has 20 heavy (non-hydrogen) atoms. The average molecular weight is 306 g/mol. The first kappa shape index (κ1) is 19.2. The highest BCUT2D eigenvalue weighted by Gasteiger charge is 2.30. The van der Waals surface area contributed by atoms with Crippen LogP contribution in [0.2, 0.25) is 0 Å². The Morgan fingerprint density at radius 2 is 2.05 bits per heavy atom. The molecule has 1 heterocycles. The Hall–Kier alpha value is -0.810. The van der Waals surface area contributed by atoms with Crippen LogP contribution in [0.25, 0.3) is 0 Å². The van der Waals surface area contributed by atoms with Gasteiger partial charge in [-0.05, 0) is 26.2 Å². The summed E-state index contributed by atoms with van der Waals surface area (Å²) in [7, 11) is 0. The van der Waals surface area contributed by atoms with Crippen LogP contribution in [0.15, 0.2) is 0 Å². The lowest BCUT2D eigenvalue weighted by molar-refractivity contribution is -0.139. The third-order valence-electron chi connectivity index (χ3n) is 3.88. The predicted octanol–water partition coefficient (Wildman–Crippen LogP) is 1.16. The molecule has 0 spiro atoms. The second-order valence-corrected chi connectivity index (χ2v) is 5.58. The first-order valence-electron chi connectivity index (χ1n) is 7.28. The van der Waals surface area contributed by atoms with Gasteiger partial charge < -0.3 is 16.0 Å². The average Bonchev–Trinajstić information content (AvgIpc) is 2.45. The lowest BCUT2D eigenvalue weighted by Gasteiger charge is -2.34. The Morgan fingerprint density at radius 1 is 1.40 bits per heavy atom. The van der Waals surface area contributed by atoms with Crippen LogP contribution < -0.4 is 11.1 Å². The van der Waals surface area contributed by atoms with Gasteiger partial charge in [0.1, 0.15) is 0 Å². The van der Waals surface area contributed by atoms with Gasteiger partial charge in [-0.2, -0.15) is 0 Å². The van der Waals surface area contributed by atoms with Crippen LogP contribution in [0.1, 0.15) is 40.0 Å². The molecule has 0 aromatic carbocycles. The number of piperidine rings is 1. The molecule has 0 aromatic heterocycles. The van der Waals surface area contributed by atoms with Crippen molar-refractivity contribution >= 4 is 24.2 Å². The van der Waals surface area contributed by atoms with Crippen molar-refractivity contribution in [3.8, 4) is 0 Å². The van der Waals surface area contributed by atoms with E-state index in [4.69, 9.17) is 5.73 Å². The van der Waals surface area contributed by atoms with E-state index in [0.717, 1.165) is 25.8 Å². The minimum atomic E-state index is -0.0873. The molecule has 118 valence electrons. The third kappa shape index (κ3) is 5.29. The van der Waals surface area contributed by atoms with Gasteiger partial charge in [-0.1, -0.05) is 13.8 Å². The summed E-state index contributed by atoms with van der Waals surface area (Å²) in [6.45, 7) is 7.62. The minimum absolute atomic E-state index is 0. The number of nitrogens with zero attached hydrogens (tertiary/aromatic N) is 1. The van der Waals surface area contributed by atoms with Gasteiger partial charge in [-0.3, -0.25) is 9.59 Å². The molecule has 1 rings (SSSR count). The molecule has 2 amide bonds. The molecule has 5 nitrogen and oxygen atoms in total. The number of hydrogen-bond acceptors (Lipinski definition) is 3. The second-order valence-electron chi connectivity index (χ2n) is 5.58. The smallest absolute Gasteiger partial charge is 0.225 e. The number of likely N-dealkylation sites (tertiary alicyclic amines) is 1. The number of nitrogens with one attached hydrogen (secondary N) is 1. The number of hydrogen-bond donors (Lipinski definition) is 2. The molecule has 0 bridgehead atoms. The second kappa shape index (κ2) is 9.19. The van der Waals surface area contributed by atoms with Gasteiger partial charge in [0, 0.05) is 31.6 Å². The highest BCUT2D eigenvalue weighted by atomic mass is 35.5.